The molecule has 1 saturated carbocycles. The SMILES string of the molecule is Cc1noc(C)c1CSc1ncccc1C(=O)NCCO[C@H]1CCCC[C@H]1C. The largest absolute Gasteiger partial charge is 0.376 e. The molecule has 0 bridgehead atoms. The Bertz CT molecular complexity index is 773. The first-order chi connectivity index (χ1) is 13.6. The zero-order valence-electron chi connectivity index (χ0n) is 16.9. The highest BCUT2D eigenvalue weighted by atomic mass is 32.2. The summed E-state index contributed by atoms with van der Waals surface area (Å²) in [6.45, 7) is 7.12. The Morgan fingerprint density at radius 2 is 2.18 bits per heavy atom. The third kappa shape index (κ3) is 5.35. The predicted octanol–water partition coefficient (Wildman–Crippen LogP) is 4.30. The van der Waals surface area contributed by atoms with Gasteiger partial charge in [-0.2, -0.15) is 0 Å². The van der Waals surface area contributed by atoms with Crippen LogP contribution in [0.1, 0.15) is 60.0 Å². The van der Waals surface area contributed by atoms with Crippen LogP contribution in [0, 0.1) is 19.8 Å². The zero-order chi connectivity index (χ0) is 19.9. The first-order valence-corrected chi connectivity index (χ1v) is 10.9. The van der Waals surface area contributed by atoms with Crippen molar-refractivity contribution in [3.63, 3.8) is 0 Å². The van der Waals surface area contributed by atoms with Crippen molar-refractivity contribution in [1.82, 2.24) is 15.5 Å². The molecule has 2 aromatic heterocycles. The molecule has 1 aliphatic rings. The molecule has 3 rings (SSSR count). The second-order valence-electron chi connectivity index (χ2n) is 7.37. The third-order valence-corrected chi connectivity index (χ3v) is 6.33. The van der Waals surface area contributed by atoms with E-state index in [4.69, 9.17) is 9.26 Å². The van der Waals surface area contributed by atoms with Gasteiger partial charge in [-0.15, -0.1) is 11.8 Å². The van der Waals surface area contributed by atoms with Gasteiger partial charge < -0.3 is 14.6 Å². The quantitative estimate of drug-likeness (QED) is 0.523. The Labute approximate surface area is 170 Å². The van der Waals surface area contributed by atoms with Crippen LogP contribution in [0.15, 0.2) is 27.9 Å². The van der Waals surface area contributed by atoms with Gasteiger partial charge in [0.15, 0.2) is 0 Å². The zero-order valence-corrected chi connectivity index (χ0v) is 17.7. The van der Waals surface area contributed by atoms with Crippen LogP contribution in [-0.2, 0) is 10.5 Å². The Kier molecular flexibility index (Phi) is 7.50. The molecule has 0 aromatic carbocycles. The monoisotopic (exact) mass is 403 g/mol. The number of rotatable bonds is 8. The van der Waals surface area contributed by atoms with Crippen LogP contribution in [0.3, 0.4) is 0 Å². The molecule has 1 aliphatic carbocycles. The molecule has 0 spiro atoms. The Morgan fingerprint density at radius 3 is 2.93 bits per heavy atom. The molecule has 6 nitrogen and oxygen atoms in total. The fraction of sp³-hybridized carbons (Fsp3) is 0.571. The van der Waals surface area contributed by atoms with E-state index in [0.29, 0.717) is 41.5 Å². The first-order valence-electron chi connectivity index (χ1n) is 9.95. The average Bonchev–Trinajstić information content (AvgIpc) is 3.02. The van der Waals surface area contributed by atoms with Gasteiger partial charge in [-0.3, -0.25) is 4.79 Å². The van der Waals surface area contributed by atoms with E-state index in [0.717, 1.165) is 23.4 Å². The molecule has 1 N–H and O–H groups in total. The number of carbonyl (C=O) groups excluding carboxylic acids is 1. The summed E-state index contributed by atoms with van der Waals surface area (Å²) in [6.07, 6.45) is 6.93. The predicted molar refractivity (Wildman–Crippen MR) is 109 cm³/mol. The van der Waals surface area contributed by atoms with Gasteiger partial charge in [-0.1, -0.05) is 24.9 Å². The fourth-order valence-corrected chi connectivity index (χ4v) is 4.67. The number of carbonyl (C=O) groups is 1. The van der Waals surface area contributed by atoms with Crippen LogP contribution in [0.4, 0.5) is 0 Å². The topological polar surface area (TPSA) is 77.2 Å². The number of amides is 1. The molecule has 28 heavy (non-hydrogen) atoms. The summed E-state index contributed by atoms with van der Waals surface area (Å²) in [5.74, 6) is 1.96. The number of aryl methyl sites for hydroxylation is 2. The number of ether oxygens (including phenoxy) is 1. The lowest BCUT2D eigenvalue weighted by atomic mass is 9.88. The van der Waals surface area contributed by atoms with Gasteiger partial charge in [0.25, 0.3) is 5.91 Å². The molecule has 0 radical (unpaired) electrons. The molecule has 0 aliphatic heterocycles. The summed E-state index contributed by atoms with van der Waals surface area (Å²) in [7, 11) is 0. The van der Waals surface area contributed by atoms with E-state index in [1.807, 2.05) is 19.9 Å². The van der Waals surface area contributed by atoms with Crippen molar-refractivity contribution in [3.05, 3.63) is 40.9 Å². The van der Waals surface area contributed by atoms with Gasteiger partial charge in [0.1, 0.15) is 10.8 Å². The van der Waals surface area contributed by atoms with Crippen LogP contribution in [0.5, 0.6) is 0 Å². The highest BCUT2D eigenvalue weighted by molar-refractivity contribution is 7.98. The molecular formula is C21H29N3O3S. The number of thioether (sulfide) groups is 1. The van der Waals surface area contributed by atoms with Crippen molar-refractivity contribution >= 4 is 17.7 Å². The molecule has 2 atom stereocenters. The van der Waals surface area contributed by atoms with Crippen LogP contribution >= 0.6 is 11.8 Å². The van der Waals surface area contributed by atoms with E-state index < -0.39 is 0 Å². The summed E-state index contributed by atoms with van der Waals surface area (Å²) in [5, 5.41) is 7.65. The molecule has 7 heteroatoms. The number of pyridine rings is 1. The lowest BCUT2D eigenvalue weighted by Gasteiger charge is -2.28. The molecule has 2 aromatic rings. The maximum atomic E-state index is 12.6. The van der Waals surface area contributed by atoms with Crippen molar-refractivity contribution in [2.45, 2.75) is 63.3 Å². The van der Waals surface area contributed by atoms with E-state index in [1.165, 1.54) is 31.0 Å². The van der Waals surface area contributed by atoms with E-state index in [1.54, 1.807) is 12.3 Å². The number of nitrogens with zero attached hydrogens (tertiary/aromatic N) is 2. The molecule has 152 valence electrons. The lowest BCUT2D eigenvalue weighted by Crippen LogP contribution is -2.32. The van der Waals surface area contributed by atoms with Crippen LogP contribution in [-0.4, -0.2) is 35.3 Å². The molecule has 0 saturated heterocycles. The average molecular weight is 404 g/mol. The summed E-state index contributed by atoms with van der Waals surface area (Å²) in [4.78, 5) is 17.0. The Hall–Kier alpha value is -1.86. The van der Waals surface area contributed by atoms with Gasteiger partial charge in [0, 0.05) is 24.1 Å². The minimum atomic E-state index is -0.116. The minimum absolute atomic E-state index is 0.116. The molecule has 2 heterocycles. The summed E-state index contributed by atoms with van der Waals surface area (Å²) in [6, 6.07) is 3.59. The summed E-state index contributed by atoms with van der Waals surface area (Å²) in [5.41, 5.74) is 2.52. The van der Waals surface area contributed by atoms with Crippen molar-refractivity contribution in [2.24, 2.45) is 5.92 Å². The van der Waals surface area contributed by atoms with Crippen molar-refractivity contribution < 1.29 is 14.1 Å². The Balaban J connectivity index is 1.51. The second-order valence-corrected chi connectivity index (χ2v) is 8.34. The second kappa shape index (κ2) is 10.1. The molecular weight excluding hydrogens is 374 g/mol. The van der Waals surface area contributed by atoms with Gasteiger partial charge in [0.05, 0.1) is 24.0 Å². The maximum Gasteiger partial charge on any atom is 0.254 e. The first kappa shape index (κ1) is 20.9. The number of hydrogen-bond acceptors (Lipinski definition) is 6. The van der Waals surface area contributed by atoms with Crippen molar-refractivity contribution in [1.29, 1.82) is 0 Å². The standard InChI is InChI=1S/C21H29N3O3S/c1-14-7-4-5-9-19(14)26-12-11-22-20(25)17-8-6-10-23-21(17)28-13-18-15(2)24-27-16(18)3/h6,8,10,14,19H,4-5,7,9,11-13H2,1-3H3,(H,22,25)/t14-,19+/m1/s1. The summed E-state index contributed by atoms with van der Waals surface area (Å²) >= 11 is 1.52. The van der Waals surface area contributed by atoms with Crippen LogP contribution < -0.4 is 5.32 Å². The highest BCUT2D eigenvalue weighted by Crippen LogP contribution is 2.27. The van der Waals surface area contributed by atoms with Gasteiger partial charge >= 0.3 is 0 Å². The molecule has 1 amide bonds. The number of nitrogens with one attached hydrogen (secondary N) is 1. The lowest BCUT2D eigenvalue weighted by molar-refractivity contribution is -0.00294. The highest BCUT2D eigenvalue weighted by Gasteiger charge is 2.21. The van der Waals surface area contributed by atoms with E-state index >= 15 is 0 Å². The van der Waals surface area contributed by atoms with Crippen LogP contribution in [0.2, 0.25) is 0 Å². The Morgan fingerprint density at radius 1 is 1.36 bits per heavy atom. The maximum absolute atomic E-state index is 12.6. The number of hydrogen-bond donors (Lipinski definition) is 1. The van der Waals surface area contributed by atoms with Crippen molar-refractivity contribution in [2.75, 3.05) is 13.2 Å². The normalized spacial score (nSPS) is 19.5. The summed E-state index contributed by atoms with van der Waals surface area (Å²) < 4.78 is 11.2. The molecule has 1 fully saturated rings. The van der Waals surface area contributed by atoms with E-state index in [2.05, 4.69) is 22.4 Å². The molecule has 0 unspecified atom stereocenters. The van der Waals surface area contributed by atoms with E-state index in [9.17, 15) is 4.79 Å². The van der Waals surface area contributed by atoms with E-state index in [-0.39, 0.29) is 5.91 Å². The smallest absolute Gasteiger partial charge is 0.254 e. The fourth-order valence-electron chi connectivity index (χ4n) is 3.53. The van der Waals surface area contributed by atoms with Crippen molar-refractivity contribution in [3.8, 4) is 0 Å². The van der Waals surface area contributed by atoms with Crippen LogP contribution in [0.25, 0.3) is 0 Å². The van der Waals surface area contributed by atoms with Gasteiger partial charge in [-0.05, 0) is 44.7 Å². The number of aromatic nitrogens is 2. The third-order valence-electron chi connectivity index (χ3n) is 5.30. The van der Waals surface area contributed by atoms with Gasteiger partial charge in [0.2, 0.25) is 0 Å². The van der Waals surface area contributed by atoms with Gasteiger partial charge in [-0.25, -0.2) is 4.98 Å². The minimum Gasteiger partial charge on any atom is -0.376 e.